The average Bonchev–Trinajstić information content (AvgIpc) is 0.690. The molecular weight excluding hydrogens is 1030 g/mol. The Bertz CT molecular complexity index is 3230. The number of ether oxygens (including phenoxy) is 1. The lowest BCUT2D eigenvalue weighted by atomic mass is 9.51. The molecule has 0 amide bonds. The lowest BCUT2D eigenvalue weighted by Crippen LogP contribution is -2.49. The van der Waals surface area contributed by atoms with E-state index in [1.165, 1.54) is 0 Å². The van der Waals surface area contributed by atoms with Crippen LogP contribution in [0.4, 0.5) is 0 Å². The number of carbonyl (C=O) groups is 1. The van der Waals surface area contributed by atoms with E-state index in [-0.39, 0.29) is 23.0 Å². The molecule has 0 aliphatic heterocycles. The highest BCUT2D eigenvalue weighted by Crippen LogP contribution is 2.63. The molecule has 0 spiro atoms. The van der Waals surface area contributed by atoms with Crippen molar-refractivity contribution in [1.82, 2.24) is 0 Å². The van der Waals surface area contributed by atoms with Crippen molar-refractivity contribution in [2.45, 2.75) is 226 Å². The van der Waals surface area contributed by atoms with Crippen molar-refractivity contribution in [1.29, 1.82) is 0 Å². The van der Waals surface area contributed by atoms with Crippen LogP contribution in [-0.4, -0.2) is 26.4 Å². The Balaban J connectivity index is 2.06. The van der Waals surface area contributed by atoms with E-state index in [0.29, 0.717) is 11.1 Å². The van der Waals surface area contributed by atoms with Crippen molar-refractivity contribution >= 4 is 5.97 Å². The minimum absolute atomic E-state index is 0.112. The number of carbonyl (C=O) groups excluding carboxylic acids is 1. The molecule has 4 N–H and O–H groups in total. The topological polar surface area (TPSA) is 107 Å². The molecule has 0 bridgehead atoms. The third kappa shape index (κ3) is 11.7. The summed E-state index contributed by atoms with van der Waals surface area (Å²) in [6, 6.07) is 45.4. The number of hydrogen-bond donors (Lipinski definition) is 4. The van der Waals surface area contributed by atoms with Gasteiger partial charge in [-0.25, -0.2) is 0 Å². The van der Waals surface area contributed by atoms with Gasteiger partial charge >= 0.3 is 5.97 Å². The van der Waals surface area contributed by atoms with Crippen LogP contribution in [0.15, 0.2) is 140 Å². The van der Waals surface area contributed by atoms with Crippen molar-refractivity contribution in [3.8, 4) is 23.0 Å². The number of aromatic hydroxyl groups is 4. The van der Waals surface area contributed by atoms with Crippen LogP contribution in [0.3, 0.4) is 0 Å². The highest BCUT2D eigenvalue weighted by Gasteiger charge is 2.59. The van der Waals surface area contributed by atoms with Crippen molar-refractivity contribution in [3.63, 3.8) is 0 Å². The van der Waals surface area contributed by atoms with E-state index in [1.807, 2.05) is 115 Å². The van der Waals surface area contributed by atoms with Gasteiger partial charge in [0.05, 0.1) is 5.41 Å². The number of phenolic OH excluding ortho intramolecular Hbond substituents is 4. The molecule has 0 saturated heterocycles. The summed E-state index contributed by atoms with van der Waals surface area (Å²) in [4.78, 5) is 18.7. The summed E-state index contributed by atoms with van der Waals surface area (Å²) in [5, 5.41) is 51.0. The molecule has 0 radical (unpaired) electrons. The van der Waals surface area contributed by atoms with Gasteiger partial charge in [-0.1, -0.05) is 281 Å². The minimum Gasteiger partial charge on any atom is -0.508 e. The fraction of sp³-hybridized carbons (Fsp3) is 0.449. The van der Waals surface area contributed by atoms with Crippen LogP contribution in [0.5, 0.6) is 23.0 Å². The number of esters is 1. The molecule has 0 saturated carbocycles. The molecule has 7 rings (SSSR count). The maximum atomic E-state index is 18.7. The summed E-state index contributed by atoms with van der Waals surface area (Å²) in [6.45, 7) is 51.7. The molecule has 1 unspecified atom stereocenters. The smallest absolute Gasteiger partial charge is 0.316 e. The Labute approximate surface area is 505 Å². The molecule has 6 nitrogen and oxygen atoms in total. The third-order valence-corrected chi connectivity index (χ3v) is 16.8. The molecule has 448 valence electrons. The molecule has 0 aliphatic carbocycles. The fourth-order valence-electron chi connectivity index (χ4n) is 14.1. The first-order chi connectivity index (χ1) is 38.4. The van der Waals surface area contributed by atoms with E-state index in [4.69, 9.17) is 4.74 Å². The molecule has 6 heteroatoms. The van der Waals surface area contributed by atoms with Crippen LogP contribution in [0.2, 0.25) is 0 Å². The second kappa shape index (κ2) is 21.9. The Morgan fingerprint density at radius 2 is 0.524 bits per heavy atom. The largest absolute Gasteiger partial charge is 0.508 e. The van der Waals surface area contributed by atoms with Gasteiger partial charge in [0.1, 0.15) is 28.9 Å². The Morgan fingerprint density at radius 1 is 0.298 bits per heavy atom. The second-order valence-electron chi connectivity index (χ2n) is 32.0. The van der Waals surface area contributed by atoms with E-state index in [2.05, 4.69) is 184 Å². The predicted molar refractivity (Wildman–Crippen MR) is 350 cm³/mol. The summed E-state index contributed by atoms with van der Waals surface area (Å²) in [6.07, 6.45) is 0. The van der Waals surface area contributed by atoms with Crippen LogP contribution in [0.25, 0.3) is 0 Å². The first-order valence-corrected chi connectivity index (χ1v) is 30.2. The number of phenols is 4. The normalized spacial score (nSPS) is 13.9. The van der Waals surface area contributed by atoms with E-state index < -0.39 is 66.2 Å². The molecule has 0 aliphatic rings. The van der Waals surface area contributed by atoms with Gasteiger partial charge in [0.15, 0.2) is 5.60 Å². The summed E-state index contributed by atoms with van der Waals surface area (Å²) >= 11 is 0. The van der Waals surface area contributed by atoms with Gasteiger partial charge in [0.25, 0.3) is 0 Å². The third-order valence-electron chi connectivity index (χ3n) is 16.8. The second-order valence-corrected chi connectivity index (χ2v) is 32.0. The van der Waals surface area contributed by atoms with E-state index in [0.717, 1.165) is 72.3 Å². The summed E-state index contributed by atoms with van der Waals surface area (Å²) in [5.74, 6) is -1.46. The van der Waals surface area contributed by atoms with Crippen LogP contribution in [0.1, 0.15) is 256 Å². The first kappa shape index (κ1) is 64.8. The van der Waals surface area contributed by atoms with Crippen LogP contribution in [-0.2, 0) is 63.9 Å². The Kier molecular flexibility index (Phi) is 16.9. The summed E-state index contributed by atoms with van der Waals surface area (Å²) in [5.41, 5.74) is 2.33. The Morgan fingerprint density at radius 3 is 0.762 bits per heavy atom. The standard InChI is InChI=1S/C78H100O6/c1-69(2,3)59-51(40-44-55(79)64(59)73(13,14)15)60(68(83)84-78(48-34-28-25-29-35-48,49-36-30-26-31-37-49)50-38-32-27-33-39-50)77(52-41-45-56(80)65(74(16,17)18)61(52)70(4,5)6,53-42-46-57(81)66(75(19,20)21)62(53)71(7,8)9)54-43-47-58(82)67(76(22,23)24)63(54)72(10,11)12/h25-47,60,79-82H,1-24H3. The molecule has 0 heterocycles. The monoisotopic (exact) mass is 1130 g/mol. The van der Waals surface area contributed by atoms with Gasteiger partial charge in [-0.15, -0.1) is 0 Å². The maximum absolute atomic E-state index is 18.7. The lowest BCUT2D eigenvalue weighted by molar-refractivity contribution is -0.156. The van der Waals surface area contributed by atoms with E-state index in [1.54, 1.807) is 6.07 Å². The highest BCUT2D eigenvalue weighted by atomic mass is 16.6. The molecular formula is C78H100O6. The van der Waals surface area contributed by atoms with Gasteiger partial charge in [0, 0.05) is 38.9 Å². The van der Waals surface area contributed by atoms with Gasteiger partial charge in [-0.2, -0.15) is 0 Å². The van der Waals surface area contributed by atoms with Crippen molar-refractivity contribution in [2.75, 3.05) is 0 Å². The van der Waals surface area contributed by atoms with Gasteiger partial charge in [-0.05, 0) is 112 Å². The number of hydrogen-bond acceptors (Lipinski definition) is 6. The van der Waals surface area contributed by atoms with Gasteiger partial charge in [-0.3, -0.25) is 4.79 Å². The van der Waals surface area contributed by atoms with E-state index >= 15 is 4.79 Å². The zero-order chi connectivity index (χ0) is 63.1. The molecule has 0 aromatic heterocycles. The fourth-order valence-corrected chi connectivity index (χ4v) is 14.1. The van der Waals surface area contributed by atoms with Gasteiger partial charge in [0.2, 0.25) is 0 Å². The number of rotatable bonds is 10. The molecule has 84 heavy (non-hydrogen) atoms. The van der Waals surface area contributed by atoms with Crippen LogP contribution in [0, 0.1) is 0 Å². The zero-order valence-electron chi connectivity index (χ0n) is 55.5. The quantitative estimate of drug-likeness (QED) is 0.0803. The van der Waals surface area contributed by atoms with Crippen molar-refractivity contribution in [3.05, 3.63) is 223 Å². The first-order valence-electron chi connectivity index (χ1n) is 30.2. The number of benzene rings is 7. The molecule has 1 atom stereocenters. The van der Waals surface area contributed by atoms with Gasteiger partial charge < -0.3 is 25.2 Å². The van der Waals surface area contributed by atoms with Crippen molar-refractivity contribution < 1.29 is 30.0 Å². The maximum Gasteiger partial charge on any atom is 0.316 e. The van der Waals surface area contributed by atoms with Crippen molar-refractivity contribution in [2.24, 2.45) is 0 Å². The summed E-state index contributed by atoms with van der Waals surface area (Å²) < 4.78 is 8.10. The SMILES string of the molecule is CC(C)(C)c1c(O)ccc(C(C(=O)OC(c2ccccc2)(c2ccccc2)c2ccccc2)C(c2ccc(O)c(C(C)(C)C)c2C(C)(C)C)(c2ccc(O)c(C(C)(C)C)c2C(C)(C)C)c2ccc(O)c(C(C)(C)C)c2C(C)(C)C)c1C(C)(C)C. The Hall–Kier alpha value is -6.79. The molecule has 7 aromatic rings. The highest BCUT2D eigenvalue weighted by molar-refractivity contribution is 5.88. The van der Waals surface area contributed by atoms with Crippen LogP contribution < -0.4 is 0 Å². The van der Waals surface area contributed by atoms with Crippen LogP contribution >= 0.6 is 0 Å². The minimum atomic E-state index is -1.75. The summed E-state index contributed by atoms with van der Waals surface area (Å²) in [7, 11) is 0. The predicted octanol–water partition coefficient (Wildman–Crippen LogP) is 19.5. The molecule has 0 fully saturated rings. The lowest BCUT2D eigenvalue weighted by Gasteiger charge is -2.51. The average molecular weight is 1130 g/mol. The molecule has 7 aromatic carbocycles. The van der Waals surface area contributed by atoms with E-state index in [9.17, 15) is 20.4 Å². The zero-order valence-corrected chi connectivity index (χ0v) is 55.5.